The SMILES string of the molecule is C=CC(CCCCCCC=CCCCCCCCC)C(=O)O. The van der Waals surface area contributed by atoms with Crippen LogP contribution in [0.1, 0.15) is 90.4 Å². The van der Waals surface area contributed by atoms with Gasteiger partial charge in [-0.1, -0.05) is 76.5 Å². The number of carboxylic acid groups (broad SMARTS) is 1. The van der Waals surface area contributed by atoms with Crippen molar-refractivity contribution in [1.29, 1.82) is 0 Å². The van der Waals surface area contributed by atoms with Gasteiger partial charge in [0.1, 0.15) is 0 Å². The summed E-state index contributed by atoms with van der Waals surface area (Å²) in [6.07, 6.45) is 22.1. The van der Waals surface area contributed by atoms with Crippen LogP contribution < -0.4 is 0 Å². The zero-order chi connectivity index (χ0) is 16.5. The van der Waals surface area contributed by atoms with E-state index in [9.17, 15) is 4.79 Å². The molecule has 0 bridgehead atoms. The molecular weight excluding hydrogens is 272 g/mol. The van der Waals surface area contributed by atoms with Gasteiger partial charge in [-0.15, -0.1) is 6.58 Å². The number of rotatable bonds is 16. The monoisotopic (exact) mass is 308 g/mol. The quantitative estimate of drug-likeness (QED) is 0.260. The zero-order valence-electron chi connectivity index (χ0n) is 14.6. The second kappa shape index (κ2) is 16.3. The number of carboxylic acids is 1. The highest BCUT2D eigenvalue weighted by atomic mass is 16.4. The molecule has 0 saturated carbocycles. The van der Waals surface area contributed by atoms with E-state index < -0.39 is 5.97 Å². The molecular formula is C20H36O2. The molecule has 0 rings (SSSR count). The summed E-state index contributed by atoms with van der Waals surface area (Å²) in [5, 5.41) is 8.90. The van der Waals surface area contributed by atoms with Crippen LogP contribution in [0.15, 0.2) is 24.8 Å². The third-order valence-electron chi connectivity index (χ3n) is 4.13. The second-order valence-electron chi connectivity index (χ2n) is 6.20. The Morgan fingerprint density at radius 3 is 1.91 bits per heavy atom. The average molecular weight is 309 g/mol. The standard InChI is InChI=1S/C20H36O2/c1-3-5-6-7-8-9-10-11-12-13-14-15-16-17-18-19(4-2)20(21)22/h4,11-12,19H,2-3,5-10,13-18H2,1H3,(H,21,22). The maximum absolute atomic E-state index is 10.8. The molecule has 0 aliphatic carbocycles. The van der Waals surface area contributed by atoms with E-state index in [4.69, 9.17) is 5.11 Å². The van der Waals surface area contributed by atoms with Gasteiger partial charge in [-0.3, -0.25) is 4.79 Å². The summed E-state index contributed by atoms with van der Waals surface area (Å²) in [6.45, 7) is 5.83. The van der Waals surface area contributed by atoms with E-state index in [1.165, 1.54) is 64.2 Å². The third kappa shape index (κ3) is 13.9. The Morgan fingerprint density at radius 2 is 1.41 bits per heavy atom. The van der Waals surface area contributed by atoms with Gasteiger partial charge in [0, 0.05) is 0 Å². The first-order chi connectivity index (χ1) is 10.7. The van der Waals surface area contributed by atoms with Gasteiger partial charge in [0.2, 0.25) is 0 Å². The van der Waals surface area contributed by atoms with Crippen LogP contribution >= 0.6 is 0 Å². The Morgan fingerprint density at radius 1 is 0.909 bits per heavy atom. The number of unbranched alkanes of at least 4 members (excludes halogenated alkanes) is 10. The first-order valence-electron chi connectivity index (χ1n) is 9.22. The minimum absolute atomic E-state index is 0.364. The van der Waals surface area contributed by atoms with Gasteiger partial charge >= 0.3 is 5.97 Å². The van der Waals surface area contributed by atoms with Crippen molar-refractivity contribution in [1.82, 2.24) is 0 Å². The molecule has 0 aromatic rings. The van der Waals surface area contributed by atoms with Crippen molar-refractivity contribution in [2.45, 2.75) is 90.4 Å². The molecule has 0 amide bonds. The number of hydrogen-bond acceptors (Lipinski definition) is 1. The molecule has 0 aliphatic heterocycles. The topological polar surface area (TPSA) is 37.3 Å². The maximum atomic E-state index is 10.8. The highest BCUT2D eigenvalue weighted by Crippen LogP contribution is 2.13. The van der Waals surface area contributed by atoms with E-state index in [2.05, 4.69) is 25.7 Å². The Balaban J connectivity index is 3.27. The Kier molecular flexibility index (Phi) is 15.5. The molecule has 0 aromatic heterocycles. The van der Waals surface area contributed by atoms with E-state index >= 15 is 0 Å². The van der Waals surface area contributed by atoms with Crippen molar-refractivity contribution < 1.29 is 9.90 Å². The predicted octanol–water partition coefficient (Wildman–Crippen LogP) is 6.52. The summed E-state index contributed by atoms with van der Waals surface area (Å²) in [5.74, 6) is -1.11. The van der Waals surface area contributed by atoms with Crippen molar-refractivity contribution in [3.63, 3.8) is 0 Å². The highest BCUT2D eigenvalue weighted by Gasteiger charge is 2.11. The average Bonchev–Trinajstić information content (AvgIpc) is 2.51. The van der Waals surface area contributed by atoms with Gasteiger partial charge in [0.25, 0.3) is 0 Å². The lowest BCUT2D eigenvalue weighted by Crippen LogP contribution is -2.10. The molecule has 0 aromatic carbocycles. The van der Waals surface area contributed by atoms with Crippen molar-refractivity contribution in [3.05, 3.63) is 24.8 Å². The minimum Gasteiger partial charge on any atom is -0.481 e. The van der Waals surface area contributed by atoms with Crippen LogP contribution in [0.25, 0.3) is 0 Å². The van der Waals surface area contributed by atoms with Crippen LogP contribution in [0.2, 0.25) is 0 Å². The molecule has 0 saturated heterocycles. The first-order valence-corrected chi connectivity index (χ1v) is 9.22. The van der Waals surface area contributed by atoms with Gasteiger partial charge < -0.3 is 5.11 Å². The number of hydrogen-bond donors (Lipinski definition) is 1. The fourth-order valence-corrected chi connectivity index (χ4v) is 2.60. The minimum atomic E-state index is -0.743. The summed E-state index contributed by atoms with van der Waals surface area (Å²) < 4.78 is 0. The van der Waals surface area contributed by atoms with E-state index in [-0.39, 0.29) is 5.92 Å². The van der Waals surface area contributed by atoms with Crippen LogP contribution in [-0.2, 0) is 4.79 Å². The van der Waals surface area contributed by atoms with Gasteiger partial charge in [-0.25, -0.2) is 0 Å². The first kappa shape index (κ1) is 20.9. The van der Waals surface area contributed by atoms with E-state index in [0.717, 1.165) is 19.3 Å². The van der Waals surface area contributed by atoms with Gasteiger partial charge in [0.15, 0.2) is 0 Å². The molecule has 0 aliphatic rings. The highest BCUT2D eigenvalue weighted by molar-refractivity contribution is 5.71. The summed E-state index contributed by atoms with van der Waals surface area (Å²) in [6, 6.07) is 0. The van der Waals surface area contributed by atoms with Crippen LogP contribution in [0.4, 0.5) is 0 Å². The molecule has 22 heavy (non-hydrogen) atoms. The van der Waals surface area contributed by atoms with Crippen LogP contribution in [-0.4, -0.2) is 11.1 Å². The number of aliphatic carboxylic acids is 1. The normalized spacial score (nSPS) is 12.6. The molecule has 1 unspecified atom stereocenters. The molecule has 2 nitrogen and oxygen atoms in total. The summed E-state index contributed by atoms with van der Waals surface area (Å²) >= 11 is 0. The van der Waals surface area contributed by atoms with E-state index in [1.54, 1.807) is 6.08 Å². The fraction of sp³-hybridized carbons (Fsp3) is 0.750. The molecule has 2 heteroatoms. The Bertz CT molecular complexity index is 294. The molecule has 0 spiro atoms. The van der Waals surface area contributed by atoms with E-state index in [0.29, 0.717) is 0 Å². The summed E-state index contributed by atoms with van der Waals surface area (Å²) in [7, 11) is 0. The lowest BCUT2D eigenvalue weighted by molar-refractivity contribution is -0.140. The Hall–Kier alpha value is -1.05. The van der Waals surface area contributed by atoms with Crippen molar-refractivity contribution in [2.75, 3.05) is 0 Å². The molecule has 0 radical (unpaired) electrons. The van der Waals surface area contributed by atoms with Crippen LogP contribution in [0.5, 0.6) is 0 Å². The molecule has 128 valence electrons. The molecule has 1 atom stereocenters. The smallest absolute Gasteiger partial charge is 0.310 e. The fourth-order valence-electron chi connectivity index (χ4n) is 2.60. The molecule has 0 fully saturated rings. The third-order valence-corrected chi connectivity index (χ3v) is 4.13. The van der Waals surface area contributed by atoms with Gasteiger partial charge in [0.05, 0.1) is 5.92 Å². The molecule has 1 N–H and O–H groups in total. The lowest BCUT2D eigenvalue weighted by Gasteiger charge is -2.06. The van der Waals surface area contributed by atoms with Crippen LogP contribution in [0, 0.1) is 5.92 Å². The zero-order valence-corrected chi connectivity index (χ0v) is 14.6. The Labute approximate surface area is 137 Å². The lowest BCUT2D eigenvalue weighted by atomic mass is 10.0. The maximum Gasteiger partial charge on any atom is 0.310 e. The summed E-state index contributed by atoms with van der Waals surface area (Å²) in [4.78, 5) is 10.8. The van der Waals surface area contributed by atoms with Gasteiger partial charge in [-0.05, 0) is 32.1 Å². The van der Waals surface area contributed by atoms with Crippen molar-refractivity contribution in [3.8, 4) is 0 Å². The van der Waals surface area contributed by atoms with Crippen LogP contribution in [0.3, 0.4) is 0 Å². The van der Waals surface area contributed by atoms with Crippen molar-refractivity contribution >= 4 is 5.97 Å². The predicted molar refractivity (Wildman–Crippen MR) is 96.2 cm³/mol. The molecule has 0 heterocycles. The second-order valence-corrected chi connectivity index (χ2v) is 6.20. The van der Waals surface area contributed by atoms with Crippen molar-refractivity contribution in [2.24, 2.45) is 5.92 Å². The van der Waals surface area contributed by atoms with E-state index in [1.807, 2.05) is 0 Å². The summed E-state index contributed by atoms with van der Waals surface area (Å²) in [5.41, 5.74) is 0. The van der Waals surface area contributed by atoms with Gasteiger partial charge in [-0.2, -0.15) is 0 Å². The number of carbonyl (C=O) groups is 1. The number of allylic oxidation sites excluding steroid dienone is 2. The largest absolute Gasteiger partial charge is 0.481 e.